The van der Waals surface area contributed by atoms with Gasteiger partial charge in [-0.1, -0.05) is 31.5 Å². The van der Waals surface area contributed by atoms with Gasteiger partial charge in [0.25, 0.3) is 0 Å². The maximum absolute atomic E-state index is 9.55. The van der Waals surface area contributed by atoms with Gasteiger partial charge in [-0.3, -0.25) is 0 Å². The van der Waals surface area contributed by atoms with Crippen LogP contribution in [0.2, 0.25) is 0 Å². The first-order valence-corrected chi connectivity index (χ1v) is 7.93. The van der Waals surface area contributed by atoms with Crippen molar-refractivity contribution >= 4 is 11.8 Å². The first-order chi connectivity index (χ1) is 8.86. The van der Waals surface area contributed by atoms with Gasteiger partial charge in [-0.05, 0) is 44.6 Å². The molecule has 0 spiro atoms. The average molecular weight is 281 g/mol. The van der Waals surface area contributed by atoms with E-state index in [2.05, 4.69) is 58.1 Å². The lowest BCUT2D eigenvalue weighted by Crippen LogP contribution is -2.49. The van der Waals surface area contributed by atoms with Crippen LogP contribution in [0.4, 0.5) is 0 Å². The normalized spacial score (nSPS) is 14.7. The smallest absolute Gasteiger partial charge is 0.0610 e. The van der Waals surface area contributed by atoms with Crippen molar-refractivity contribution in [1.29, 1.82) is 0 Å². The third kappa shape index (κ3) is 5.55. The van der Waals surface area contributed by atoms with Crippen LogP contribution in [-0.4, -0.2) is 29.0 Å². The molecule has 0 amide bonds. The lowest BCUT2D eigenvalue weighted by molar-refractivity contribution is 0.162. The molecule has 0 radical (unpaired) electrons. The van der Waals surface area contributed by atoms with Crippen LogP contribution >= 0.6 is 11.8 Å². The van der Waals surface area contributed by atoms with E-state index < -0.39 is 0 Å². The SMILES string of the molecule is Cc1ccc(SCCC(C)(CO)NC(C)C)c(C)c1. The fraction of sp³-hybridized carbons (Fsp3) is 0.625. The first kappa shape index (κ1) is 16.5. The fourth-order valence-electron chi connectivity index (χ4n) is 2.24. The van der Waals surface area contributed by atoms with E-state index >= 15 is 0 Å². The highest BCUT2D eigenvalue weighted by Gasteiger charge is 2.23. The number of hydrogen-bond donors (Lipinski definition) is 2. The minimum Gasteiger partial charge on any atom is -0.394 e. The minimum absolute atomic E-state index is 0.179. The van der Waals surface area contributed by atoms with Crippen molar-refractivity contribution in [2.75, 3.05) is 12.4 Å². The van der Waals surface area contributed by atoms with Crippen LogP contribution in [0.1, 0.15) is 38.3 Å². The van der Waals surface area contributed by atoms with E-state index in [4.69, 9.17) is 0 Å². The quantitative estimate of drug-likeness (QED) is 0.750. The Morgan fingerprint density at radius 1 is 1.32 bits per heavy atom. The Labute approximate surface area is 122 Å². The summed E-state index contributed by atoms with van der Waals surface area (Å²) in [5.74, 6) is 1.01. The molecule has 2 N–H and O–H groups in total. The standard InChI is InChI=1S/C16H27NOS/c1-12(2)17-16(5,11-18)8-9-19-15-7-6-13(3)10-14(15)4/h6-7,10,12,17-18H,8-9,11H2,1-5H3. The Morgan fingerprint density at radius 2 is 2.00 bits per heavy atom. The number of nitrogens with one attached hydrogen (secondary N) is 1. The lowest BCUT2D eigenvalue weighted by atomic mass is 9.99. The predicted molar refractivity (Wildman–Crippen MR) is 85.0 cm³/mol. The number of benzene rings is 1. The van der Waals surface area contributed by atoms with Crippen LogP contribution in [0, 0.1) is 13.8 Å². The molecule has 0 bridgehead atoms. The van der Waals surface area contributed by atoms with Gasteiger partial charge >= 0.3 is 0 Å². The van der Waals surface area contributed by atoms with E-state index in [1.54, 1.807) is 0 Å². The van der Waals surface area contributed by atoms with Gasteiger partial charge in [0.15, 0.2) is 0 Å². The third-order valence-electron chi connectivity index (χ3n) is 3.23. The molecule has 3 heteroatoms. The van der Waals surface area contributed by atoms with Gasteiger partial charge in [0.05, 0.1) is 6.61 Å². The Hall–Kier alpha value is -0.510. The molecule has 108 valence electrons. The van der Waals surface area contributed by atoms with E-state index in [0.717, 1.165) is 12.2 Å². The summed E-state index contributed by atoms with van der Waals surface area (Å²) >= 11 is 1.87. The van der Waals surface area contributed by atoms with Crippen molar-refractivity contribution in [3.8, 4) is 0 Å². The molecule has 0 aromatic heterocycles. The Bertz CT molecular complexity index is 406. The Morgan fingerprint density at radius 3 is 2.53 bits per heavy atom. The van der Waals surface area contributed by atoms with Crippen LogP contribution in [-0.2, 0) is 0 Å². The van der Waals surface area contributed by atoms with E-state index in [-0.39, 0.29) is 12.1 Å². The molecule has 0 heterocycles. The monoisotopic (exact) mass is 281 g/mol. The molecule has 19 heavy (non-hydrogen) atoms. The summed E-state index contributed by atoms with van der Waals surface area (Å²) in [5.41, 5.74) is 2.47. The molecule has 1 aromatic rings. The predicted octanol–water partition coefficient (Wildman–Crippen LogP) is 3.53. The second kappa shape index (κ2) is 7.32. The summed E-state index contributed by atoms with van der Waals surface area (Å²) < 4.78 is 0. The molecule has 0 aliphatic carbocycles. The highest BCUT2D eigenvalue weighted by Crippen LogP contribution is 2.25. The Balaban J connectivity index is 2.52. The second-order valence-corrected chi connectivity index (χ2v) is 7.02. The molecule has 2 nitrogen and oxygen atoms in total. The van der Waals surface area contributed by atoms with Crippen LogP contribution in [0.3, 0.4) is 0 Å². The van der Waals surface area contributed by atoms with Crippen molar-refractivity contribution < 1.29 is 5.11 Å². The van der Waals surface area contributed by atoms with Gasteiger partial charge in [0, 0.05) is 16.5 Å². The molecular formula is C16H27NOS. The van der Waals surface area contributed by atoms with Crippen LogP contribution in [0.25, 0.3) is 0 Å². The molecule has 0 saturated carbocycles. The van der Waals surface area contributed by atoms with Gasteiger partial charge in [-0.15, -0.1) is 11.8 Å². The number of aliphatic hydroxyl groups is 1. The maximum atomic E-state index is 9.55. The summed E-state index contributed by atoms with van der Waals surface area (Å²) in [7, 11) is 0. The summed E-state index contributed by atoms with van der Waals surface area (Å²) in [6, 6.07) is 6.97. The molecule has 1 aromatic carbocycles. The first-order valence-electron chi connectivity index (χ1n) is 6.95. The van der Waals surface area contributed by atoms with E-state index in [1.165, 1.54) is 16.0 Å². The third-order valence-corrected chi connectivity index (χ3v) is 4.41. The van der Waals surface area contributed by atoms with Crippen molar-refractivity contribution in [3.63, 3.8) is 0 Å². The van der Waals surface area contributed by atoms with Crippen LogP contribution in [0.5, 0.6) is 0 Å². The van der Waals surface area contributed by atoms with Gasteiger partial charge in [-0.2, -0.15) is 0 Å². The molecule has 0 fully saturated rings. The fourth-order valence-corrected chi connectivity index (χ4v) is 3.46. The van der Waals surface area contributed by atoms with Crippen molar-refractivity contribution in [1.82, 2.24) is 5.32 Å². The van der Waals surface area contributed by atoms with E-state index in [1.807, 2.05) is 11.8 Å². The number of hydrogen-bond acceptors (Lipinski definition) is 3. The zero-order chi connectivity index (χ0) is 14.5. The maximum Gasteiger partial charge on any atom is 0.0610 e. The second-order valence-electron chi connectivity index (χ2n) is 5.89. The van der Waals surface area contributed by atoms with Crippen molar-refractivity contribution in [2.24, 2.45) is 0 Å². The van der Waals surface area contributed by atoms with Gasteiger partial charge in [0.1, 0.15) is 0 Å². The van der Waals surface area contributed by atoms with Gasteiger partial charge in [0.2, 0.25) is 0 Å². The number of aliphatic hydroxyl groups excluding tert-OH is 1. The van der Waals surface area contributed by atoms with Gasteiger partial charge in [-0.25, -0.2) is 0 Å². The molecule has 1 unspecified atom stereocenters. The Kier molecular flexibility index (Phi) is 6.37. The van der Waals surface area contributed by atoms with Crippen molar-refractivity contribution in [2.45, 2.75) is 57.5 Å². The highest BCUT2D eigenvalue weighted by atomic mass is 32.2. The van der Waals surface area contributed by atoms with Crippen LogP contribution < -0.4 is 5.32 Å². The largest absolute Gasteiger partial charge is 0.394 e. The summed E-state index contributed by atoms with van der Waals surface area (Å²) in [5, 5.41) is 13.0. The molecule has 0 aliphatic heterocycles. The summed E-state index contributed by atoms with van der Waals surface area (Å²) in [6.07, 6.45) is 0.958. The summed E-state index contributed by atoms with van der Waals surface area (Å²) in [6.45, 7) is 10.8. The highest BCUT2D eigenvalue weighted by molar-refractivity contribution is 7.99. The molecule has 1 rings (SSSR count). The number of aryl methyl sites for hydroxylation is 2. The van der Waals surface area contributed by atoms with E-state index in [9.17, 15) is 5.11 Å². The molecule has 1 atom stereocenters. The van der Waals surface area contributed by atoms with Crippen LogP contribution in [0.15, 0.2) is 23.1 Å². The zero-order valence-electron chi connectivity index (χ0n) is 12.8. The topological polar surface area (TPSA) is 32.3 Å². The molecule has 0 aliphatic rings. The molecular weight excluding hydrogens is 254 g/mol. The summed E-state index contributed by atoms with van der Waals surface area (Å²) in [4.78, 5) is 1.34. The van der Waals surface area contributed by atoms with E-state index in [0.29, 0.717) is 6.04 Å². The molecule has 0 saturated heterocycles. The van der Waals surface area contributed by atoms with Gasteiger partial charge < -0.3 is 10.4 Å². The minimum atomic E-state index is -0.181. The number of thioether (sulfide) groups is 1. The zero-order valence-corrected chi connectivity index (χ0v) is 13.6. The number of rotatable bonds is 7. The average Bonchev–Trinajstić information content (AvgIpc) is 2.31. The van der Waals surface area contributed by atoms with Crippen molar-refractivity contribution in [3.05, 3.63) is 29.3 Å². The lowest BCUT2D eigenvalue weighted by Gasteiger charge is -2.31.